The smallest absolute Gasteiger partial charge is 0.325 e. The first-order valence-electron chi connectivity index (χ1n) is 6.61. The van der Waals surface area contributed by atoms with Crippen molar-refractivity contribution in [1.82, 2.24) is 0 Å². The Kier molecular flexibility index (Phi) is 6.38. The molecule has 0 amide bonds. The number of thioether (sulfide) groups is 1. The zero-order chi connectivity index (χ0) is 14.3. The lowest BCUT2D eigenvalue weighted by molar-refractivity contribution is -0.149. The van der Waals surface area contributed by atoms with Crippen molar-refractivity contribution < 1.29 is 9.53 Å². The highest BCUT2D eigenvalue weighted by atomic mass is 32.2. The lowest BCUT2D eigenvalue weighted by Crippen LogP contribution is -2.46. The molecule has 4 heteroatoms. The van der Waals surface area contributed by atoms with Crippen molar-refractivity contribution in [1.29, 1.82) is 0 Å². The van der Waals surface area contributed by atoms with E-state index in [0.717, 1.165) is 12.2 Å². The minimum Gasteiger partial charge on any atom is -0.465 e. The largest absolute Gasteiger partial charge is 0.465 e. The maximum absolute atomic E-state index is 11.6. The predicted molar refractivity (Wildman–Crippen MR) is 80.4 cm³/mol. The molecule has 19 heavy (non-hydrogen) atoms. The van der Waals surface area contributed by atoms with Crippen LogP contribution < -0.4 is 5.73 Å². The van der Waals surface area contributed by atoms with Gasteiger partial charge < -0.3 is 10.5 Å². The summed E-state index contributed by atoms with van der Waals surface area (Å²) in [4.78, 5) is 12.9. The van der Waals surface area contributed by atoms with Gasteiger partial charge in [0.2, 0.25) is 0 Å². The third-order valence-corrected chi connectivity index (χ3v) is 3.92. The van der Waals surface area contributed by atoms with Crippen molar-refractivity contribution in [2.45, 2.75) is 44.0 Å². The summed E-state index contributed by atoms with van der Waals surface area (Å²) in [5.74, 6) is 0.644. The summed E-state index contributed by atoms with van der Waals surface area (Å²) < 4.78 is 4.97. The number of aryl methyl sites for hydroxylation is 1. The number of benzene rings is 1. The summed E-state index contributed by atoms with van der Waals surface area (Å²) in [6.07, 6.45) is 1.54. The summed E-state index contributed by atoms with van der Waals surface area (Å²) in [6.45, 7) is 6.00. The van der Waals surface area contributed by atoms with E-state index in [1.807, 2.05) is 0 Å². The molecule has 3 nitrogen and oxygen atoms in total. The first kappa shape index (κ1) is 16.1. The molecule has 0 heterocycles. The molecule has 0 aromatic heterocycles. The average molecular weight is 281 g/mol. The molecule has 0 saturated carbocycles. The fourth-order valence-electron chi connectivity index (χ4n) is 1.73. The number of nitrogens with two attached hydrogens (primary N) is 1. The molecule has 0 spiro atoms. The van der Waals surface area contributed by atoms with Gasteiger partial charge in [0.15, 0.2) is 0 Å². The van der Waals surface area contributed by atoms with Crippen molar-refractivity contribution in [2.75, 3.05) is 12.4 Å². The van der Waals surface area contributed by atoms with E-state index in [1.54, 1.807) is 25.6 Å². The Morgan fingerprint density at radius 1 is 1.47 bits per heavy atom. The monoisotopic (exact) mass is 281 g/mol. The van der Waals surface area contributed by atoms with Crippen LogP contribution in [0, 0.1) is 6.92 Å². The highest BCUT2D eigenvalue weighted by Crippen LogP contribution is 2.22. The van der Waals surface area contributed by atoms with Crippen LogP contribution in [0.4, 0.5) is 0 Å². The van der Waals surface area contributed by atoms with Crippen LogP contribution >= 0.6 is 11.8 Å². The van der Waals surface area contributed by atoms with Gasteiger partial charge in [0.1, 0.15) is 5.54 Å². The SMILES string of the molecule is CCOC(=O)C(C)(N)CCCSc1cccc(C)c1. The predicted octanol–water partition coefficient (Wildman–Crippen LogP) is 3.15. The van der Waals surface area contributed by atoms with Crippen LogP contribution in [-0.4, -0.2) is 23.9 Å². The number of ether oxygens (including phenoxy) is 1. The van der Waals surface area contributed by atoms with Crippen LogP contribution in [0.3, 0.4) is 0 Å². The highest BCUT2D eigenvalue weighted by molar-refractivity contribution is 7.99. The number of esters is 1. The van der Waals surface area contributed by atoms with Crippen molar-refractivity contribution in [2.24, 2.45) is 5.73 Å². The van der Waals surface area contributed by atoms with E-state index >= 15 is 0 Å². The van der Waals surface area contributed by atoms with Gasteiger partial charge in [-0.25, -0.2) is 0 Å². The fourth-order valence-corrected chi connectivity index (χ4v) is 2.70. The number of rotatable bonds is 7. The summed E-state index contributed by atoms with van der Waals surface area (Å²) in [7, 11) is 0. The highest BCUT2D eigenvalue weighted by Gasteiger charge is 2.28. The van der Waals surface area contributed by atoms with Gasteiger partial charge in [0, 0.05) is 4.90 Å². The van der Waals surface area contributed by atoms with E-state index in [-0.39, 0.29) is 5.97 Å². The Hall–Kier alpha value is -1.00. The lowest BCUT2D eigenvalue weighted by Gasteiger charge is -2.21. The Morgan fingerprint density at radius 2 is 2.21 bits per heavy atom. The topological polar surface area (TPSA) is 52.3 Å². The summed E-state index contributed by atoms with van der Waals surface area (Å²) in [5, 5.41) is 0. The van der Waals surface area contributed by atoms with Crippen LogP contribution in [0.25, 0.3) is 0 Å². The molecule has 1 atom stereocenters. The van der Waals surface area contributed by atoms with Crippen LogP contribution in [0.2, 0.25) is 0 Å². The van der Waals surface area contributed by atoms with Gasteiger partial charge in [-0.2, -0.15) is 0 Å². The molecule has 1 rings (SSSR count). The zero-order valence-corrected chi connectivity index (χ0v) is 12.8. The Morgan fingerprint density at radius 3 is 2.84 bits per heavy atom. The molecule has 106 valence electrons. The Bertz CT molecular complexity index is 418. The van der Waals surface area contributed by atoms with Crippen LogP contribution in [0.15, 0.2) is 29.2 Å². The third-order valence-electron chi connectivity index (χ3n) is 2.84. The molecule has 1 aromatic rings. The van der Waals surface area contributed by atoms with Gasteiger partial charge in [-0.3, -0.25) is 4.79 Å². The van der Waals surface area contributed by atoms with E-state index in [9.17, 15) is 4.79 Å². The first-order valence-corrected chi connectivity index (χ1v) is 7.60. The van der Waals surface area contributed by atoms with Crippen molar-refractivity contribution in [3.63, 3.8) is 0 Å². The van der Waals surface area contributed by atoms with Gasteiger partial charge >= 0.3 is 5.97 Å². The van der Waals surface area contributed by atoms with Gasteiger partial charge in [-0.05, 0) is 51.5 Å². The molecule has 2 N–H and O–H groups in total. The molecule has 0 bridgehead atoms. The quantitative estimate of drug-likeness (QED) is 0.474. The molecular weight excluding hydrogens is 258 g/mol. The van der Waals surface area contributed by atoms with E-state index in [0.29, 0.717) is 13.0 Å². The third kappa shape index (κ3) is 5.66. The van der Waals surface area contributed by atoms with E-state index in [2.05, 4.69) is 31.2 Å². The molecule has 0 aliphatic carbocycles. The van der Waals surface area contributed by atoms with E-state index < -0.39 is 5.54 Å². The summed E-state index contributed by atoms with van der Waals surface area (Å²) >= 11 is 1.79. The maximum Gasteiger partial charge on any atom is 0.325 e. The second-order valence-electron chi connectivity index (χ2n) is 4.91. The maximum atomic E-state index is 11.6. The van der Waals surface area contributed by atoms with Crippen LogP contribution in [0.5, 0.6) is 0 Å². The van der Waals surface area contributed by atoms with Gasteiger partial charge in [0.25, 0.3) is 0 Å². The molecule has 1 aromatic carbocycles. The summed E-state index contributed by atoms with van der Waals surface area (Å²) in [6, 6.07) is 8.41. The van der Waals surface area contributed by atoms with E-state index in [1.165, 1.54) is 10.5 Å². The second kappa shape index (κ2) is 7.56. The standard InChI is InChI=1S/C15H23NO2S/c1-4-18-14(17)15(3,16)9-6-10-19-13-8-5-7-12(2)11-13/h5,7-8,11H,4,6,9-10,16H2,1-3H3. The first-order chi connectivity index (χ1) is 8.95. The molecule has 0 fully saturated rings. The zero-order valence-electron chi connectivity index (χ0n) is 11.9. The fraction of sp³-hybridized carbons (Fsp3) is 0.533. The minimum atomic E-state index is -0.872. The van der Waals surface area contributed by atoms with Gasteiger partial charge in [-0.15, -0.1) is 11.8 Å². The molecule has 0 aliphatic rings. The number of hydrogen-bond acceptors (Lipinski definition) is 4. The van der Waals surface area contributed by atoms with Crippen LogP contribution in [0.1, 0.15) is 32.3 Å². The number of carbonyl (C=O) groups excluding carboxylic acids is 1. The van der Waals surface area contributed by atoms with Crippen molar-refractivity contribution in [3.8, 4) is 0 Å². The second-order valence-corrected chi connectivity index (χ2v) is 6.07. The van der Waals surface area contributed by atoms with Crippen LogP contribution in [-0.2, 0) is 9.53 Å². The van der Waals surface area contributed by atoms with Crippen molar-refractivity contribution in [3.05, 3.63) is 29.8 Å². The minimum absolute atomic E-state index is 0.310. The molecular formula is C15H23NO2S. The van der Waals surface area contributed by atoms with Gasteiger partial charge in [0.05, 0.1) is 6.61 Å². The van der Waals surface area contributed by atoms with E-state index in [4.69, 9.17) is 10.5 Å². The average Bonchev–Trinajstić information content (AvgIpc) is 2.35. The van der Waals surface area contributed by atoms with Gasteiger partial charge in [-0.1, -0.05) is 17.7 Å². The molecule has 0 saturated heterocycles. The van der Waals surface area contributed by atoms with Crippen molar-refractivity contribution >= 4 is 17.7 Å². The normalized spacial score (nSPS) is 13.9. The molecule has 0 radical (unpaired) electrons. The lowest BCUT2D eigenvalue weighted by atomic mass is 9.98. The Labute approximate surface area is 119 Å². The molecule has 0 aliphatic heterocycles. The number of carbonyl (C=O) groups is 1. The Balaban J connectivity index is 2.32. The number of hydrogen-bond donors (Lipinski definition) is 1. The summed E-state index contributed by atoms with van der Waals surface area (Å²) in [5.41, 5.74) is 6.36. The molecule has 1 unspecified atom stereocenters.